The minimum absolute atomic E-state index is 0.00972. The lowest BCUT2D eigenvalue weighted by Gasteiger charge is -2.33. The van der Waals surface area contributed by atoms with E-state index in [1.807, 2.05) is 24.0 Å². The zero-order valence-electron chi connectivity index (χ0n) is 11.8. The van der Waals surface area contributed by atoms with Crippen molar-refractivity contribution in [3.63, 3.8) is 0 Å². The van der Waals surface area contributed by atoms with Gasteiger partial charge in [0, 0.05) is 11.9 Å². The average molecular weight is 287 g/mol. The van der Waals surface area contributed by atoms with Crippen LogP contribution in [0.15, 0.2) is 29.1 Å². The van der Waals surface area contributed by atoms with Crippen molar-refractivity contribution in [2.75, 3.05) is 19.8 Å². The Kier molecular flexibility index (Phi) is 3.70. The van der Waals surface area contributed by atoms with Crippen molar-refractivity contribution < 1.29 is 9.53 Å². The maximum Gasteiger partial charge on any atom is 0.272 e. The number of hydrogen-bond donors (Lipinski definition) is 1. The van der Waals surface area contributed by atoms with E-state index in [-0.39, 0.29) is 23.9 Å². The molecular weight excluding hydrogens is 270 g/mol. The maximum absolute atomic E-state index is 12.4. The van der Waals surface area contributed by atoms with Gasteiger partial charge < -0.3 is 9.64 Å². The van der Waals surface area contributed by atoms with Gasteiger partial charge in [0.05, 0.1) is 36.8 Å². The molecule has 0 unspecified atom stereocenters. The van der Waals surface area contributed by atoms with Crippen LogP contribution in [-0.2, 0) is 16.0 Å². The topological polar surface area (TPSA) is 75.3 Å². The number of aromatic amines is 1. The van der Waals surface area contributed by atoms with Crippen LogP contribution in [0.4, 0.5) is 0 Å². The Hall–Kier alpha value is -2.21. The summed E-state index contributed by atoms with van der Waals surface area (Å²) in [5.41, 5.74) is 0.371. The van der Waals surface area contributed by atoms with Crippen LogP contribution in [0.3, 0.4) is 0 Å². The number of nitrogens with zero attached hydrogens (tertiary/aromatic N) is 2. The number of hydrogen-bond acceptors (Lipinski definition) is 4. The summed E-state index contributed by atoms with van der Waals surface area (Å²) in [6, 6.07) is 7.27. The standard InChI is InChI=1S/C15H17N3O3/c1-10-9-21-7-6-18(10)14(19)8-13-11-4-2-3-5-12(11)15(20)17-16-13/h2-5,10H,6-9H2,1H3,(H,17,20)/t10-/m0/s1. The number of nitrogens with one attached hydrogen (secondary N) is 1. The lowest BCUT2D eigenvalue weighted by molar-refractivity contribution is -0.138. The molecule has 0 spiro atoms. The number of aromatic nitrogens is 2. The molecular formula is C15H17N3O3. The molecule has 6 heteroatoms. The first-order chi connectivity index (χ1) is 10.2. The Balaban J connectivity index is 1.90. The largest absolute Gasteiger partial charge is 0.377 e. The van der Waals surface area contributed by atoms with Crippen molar-refractivity contribution in [1.82, 2.24) is 15.1 Å². The van der Waals surface area contributed by atoms with Gasteiger partial charge in [-0.15, -0.1) is 0 Å². The van der Waals surface area contributed by atoms with Crippen LogP contribution in [0, 0.1) is 0 Å². The second-order valence-corrected chi connectivity index (χ2v) is 5.23. The zero-order chi connectivity index (χ0) is 14.8. The molecule has 110 valence electrons. The summed E-state index contributed by atoms with van der Waals surface area (Å²) < 4.78 is 5.34. The number of amides is 1. The van der Waals surface area contributed by atoms with Crippen LogP contribution in [0.25, 0.3) is 10.8 Å². The van der Waals surface area contributed by atoms with Gasteiger partial charge in [0.2, 0.25) is 5.91 Å². The molecule has 0 saturated carbocycles. The molecule has 1 aliphatic heterocycles. The van der Waals surface area contributed by atoms with E-state index in [1.54, 1.807) is 12.1 Å². The number of fused-ring (bicyclic) bond motifs is 1. The highest BCUT2D eigenvalue weighted by atomic mass is 16.5. The Morgan fingerprint density at radius 3 is 2.95 bits per heavy atom. The Morgan fingerprint density at radius 1 is 1.43 bits per heavy atom. The van der Waals surface area contributed by atoms with Crippen LogP contribution < -0.4 is 5.56 Å². The normalized spacial score (nSPS) is 18.9. The molecule has 1 amide bonds. The van der Waals surface area contributed by atoms with Crippen molar-refractivity contribution in [2.45, 2.75) is 19.4 Å². The Bertz CT molecular complexity index is 725. The van der Waals surface area contributed by atoms with Crippen LogP contribution in [0.2, 0.25) is 0 Å². The third-order valence-corrected chi connectivity index (χ3v) is 3.78. The van der Waals surface area contributed by atoms with Crippen LogP contribution in [0.5, 0.6) is 0 Å². The number of ether oxygens (including phenoxy) is 1. The summed E-state index contributed by atoms with van der Waals surface area (Å²) in [5, 5.41) is 7.80. The molecule has 21 heavy (non-hydrogen) atoms. The minimum Gasteiger partial charge on any atom is -0.377 e. The van der Waals surface area contributed by atoms with E-state index in [0.717, 1.165) is 5.39 Å². The summed E-state index contributed by atoms with van der Waals surface area (Å²) in [6.45, 7) is 3.69. The van der Waals surface area contributed by atoms with Crippen LogP contribution >= 0.6 is 0 Å². The smallest absolute Gasteiger partial charge is 0.272 e. The fourth-order valence-corrected chi connectivity index (χ4v) is 2.65. The van der Waals surface area contributed by atoms with Gasteiger partial charge in [0.15, 0.2) is 0 Å². The molecule has 0 radical (unpaired) electrons. The van der Waals surface area contributed by atoms with E-state index < -0.39 is 0 Å². The SMILES string of the molecule is C[C@H]1COCCN1C(=O)Cc1n[nH]c(=O)c2ccccc12. The fourth-order valence-electron chi connectivity index (χ4n) is 2.65. The van der Waals surface area contributed by atoms with Gasteiger partial charge in [-0.25, -0.2) is 5.10 Å². The van der Waals surface area contributed by atoms with Crippen molar-refractivity contribution in [2.24, 2.45) is 0 Å². The number of H-pyrrole nitrogens is 1. The van der Waals surface area contributed by atoms with Gasteiger partial charge in [0.25, 0.3) is 5.56 Å². The molecule has 2 heterocycles. The predicted molar refractivity (Wildman–Crippen MR) is 78.1 cm³/mol. The molecule has 0 aliphatic carbocycles. The van der Waals surface area contributed by atoms with E-state index >= 15 is 0 Å². The van der Waals surface area contributed by atoms with Crippen molar-refractivity contribution in [3.05, 3.63) is 40.3 Å². The third-order valence-electron chi connectivity index (χ3n) is 3.78. The van der Waals surface area contributed by atoms with E-state index in [1.165, 1.54) is 0 Å². The first-order valence-electron chi connectivity index (χ1n) is 7.00. The lowest BCUT2D eigenvalue weighted by atomic mass is 10.1. The summed E-state index contributed by atoms with van der Waals surface area (Å²) >= 11 is 0. The molecule has 1 atom stereocenters. The van der Waals surface area contributed by atoms with Gasteiger partial charge in [-0.3, -0.25) is 9.59 Å². The summed E-state index contributed by atoms with van der Waals surface area (Å²) in [4.78, 5) is 26.0. The molecule has 1 N–H and O–H groups in total. The van der Waals surface area contributed by atoms with Crippen molar-refractivity contribution in [1.29, 1.82) is 0 Å². The monoisotopic (exact) mass is 287 g/mol. The Morgan fingerprint density at radius 2 is 2.19 bits per heavy atom. The van der Waals surface area contributed by atoms with E-state index in [2.05, 4.69) is 10.2 Å². The maximum atomic E-state index is 12.4. The third kappa shape index (κ3) is 2.67. The molecule has 2 aromatic rings. The van der Waals surface area contributed by atoms with Gasteiger partial charge in [-0.2, -0.15) is 5.10 Å². The highest BCUT2D eigenvalue weighted by Gasteiger charge is 2.24. The number of rotatable bonds is 2. The summed E-state index contributed by atoms with van der Waals surface area (Å²) in [5.74, 6) is 0.00972. The number of carbonyl (C=O) groups excluding carboxylic acids is 1. The van der Waals surface area contributed by atoms with Gasteiger partial charge in [-0.05, 0) is 13.0 Å². The average Bonchev–Trinajstić information content (AvgIpc) is 2.51. The van der Waals surface area contributed by atoms with Crippen LogP contribution in [-0.4, -0.2) is 46.8 Å². The zero-order valence-corrected chi connectivity index (χ0v) is 11.8. The molecule has 1 aromatic heterocycles. The first kappa shape index (κ1) is 13.8. The van der Waals surface area contributed by atoms with Crippen molar-refractivity contribution in [3.8, 4) is 0 Å². The first-order valence-corrected chi connectivity index (χ1v) is 7.00. The molecule has 0 bridgehead atoms. The minimum atomic E-state index is -0.235. The van der Waals surface area contributed by atoms with E-state index in [4.69, 9.17) is 4.74 Å². The Labute approximate surface area is 121 Å². The van der Waals surface area contributed by atoms with Gasteiger partial charge >= 0.3 is 0 Å². The molecule has 1 saturated heterocycles. The summed E-state index contributed by atoms with van der Waals surface area (Å²) in [6.07, 6.45) is 0.182. The fraction of sp³-hybridized carbons (Fsp3) is 0.400. The number of benzene rings is 1. The molecule has 6 nitrogen and oxygen atoms in total. The van der Waals surface area contributed by atoms with E-state index in [9.17, 15) is 9.59 Å². The predicted octanol–water partition coefficient (Wildman–Crippen LogP) is 0.713. The second kappa shape index (κ2) is 5.65. The molecule has 1 fully saturated rings. The molecule has 1 aromatic carbocycles. The number of morpholine rings is 1. The lowest BCUT2D eigenvalue weighted by Crippen LogP contribution is -2.47. The van der Waals surface area contributed by atoms with Crippen molar-refractivity contribution >= 4 is 16.7 Å². The number of carbonyl (C=O) groups is 1. The highest BCUT2D eigenvalue weighted by molar-refractivity contribution is 5.88. The summed E-state index contributed by atoms with van der Waals surface area (Å²) in [7, 11) is 0. The van der Waals surface area contributed by atoms with Gasteiger partial charge in [-0.1, -0.05) is 18.2 Å². The van der Waals surface area contributed by atoms with Gasteiger partial charge in [0.1, 0.15) is 0 Å². The molecule has 1 aliphatic rings. The second-order valence-electron chi connectivity index (χ2n) is 5.23. The quantitative estimate of drug-likeness (QED) is 0.883. The highest BCUT2D eigenvalue weighted by Crippen LogP contribution is 2.15. The van der Waals surface area contributed by atoms with Crippen LogP contribution in [0.1, 0.15) is 12.6 Å². The van der Waals surface area contributed by atoms with E-state index in [0.29, 0.717) is 30.8 Å². The molecule has 3 rings (SSSR count).